The van der Waals surface area contributed by atoms with Gasteiger partial charge in [0, 0.05) is 18.8 Å². The molecule has 0 aromatic carbocycles. The summed E-state index contributed by atoms with van der Waals surface area (Å²) < 4.78 is 0. The van der Waals surface area contributed by atoms with Crippen molar-refractivity contribution in [3.8, 4) is 0 Å². The van der Waals surface area contributed by atoms with Crippen LogP contribution in [-0.2, 0) is 0 Å². The summed E-state index contributed by atoms with van der Waals surface area (Å²) in [6, 6.07) is 0.0496. The Morgan fingerprint density at radius 3 is 2.33 bits per heavy atom. The summed E-state index contributed by atoms with van der Waals surface area (Å²) in [6.45, 7) is 8.45. The third kappa shape index (κ3) is 7.57. The van der Waals surface area contributed by atoms with Crippen LogP contribution in [-0.4, -0.2) is 19.6 Å². The number of rotatable bonds is 5. The van der Waals surface area contributed by atoms with Gasteiger partial charge < -0.3 is 16.8 Å². The van der Waals surface area contributed by atoms with Gasteiger partial charge in [0.1, 0.15) is 0 Å². The van der Waals surface area contributed by atoms with E-state index in [1.807, 2.05) is 20.9 Å². The molecule has 0 bridgehead atoms. The van der Waals surface area contributed by atoms with E-state index >= 15 is 0 Å². The summed E-state index contributed by atoms with van der Waals surface area (Å²) in [5.41, 5.74) is 11.9. The van der Waals surface area contributed by atoms with Gasteiger partial charge in [0.2, 0.25) is 0 Å². The highest BCUT2D eigenvalue weighted by molar-refractivity contribution is 5.00. The lowest BCUT2D eigenvalue weighted by molar-refractivity contribution is 0.623. The maximum Gasteiger partial charge on any atom is 0.0438 e. The zero-order chi connectivity index (χ0) is 9.98. The average Bonchev–Trinajstić information content (AvgIpc) is 2.16. The molecule has 0 spiro atoms. The molecule has 74 valence electrons. The monoisotopic (exact) mass is 173 g/mol. The van der Waals surface area contributed by atoms with Crippen LogP contribution in [0.2, 0.25) is 0 Å². The standard InChI is InChI=1S/C7H17N3.C2H6/c1-6(10-2)7(9)4-3-5-8;1-2/h7,10H,1,3-5,8-9H2,2H3;1-2H3. The van der Waals surface area contributed by atoms with Crippen molar-refractivity contribution < 1.29 is 0 Å². The predicted octanol–water partition coefficient (Wildman–Crippen LogP) is 0.812. The van der Waals surface area contributed by atoms with Gasteiger partial charge in [-0.1, -0.05) is 20.4 Å². The second-order valence-corrected chi connectivity index (χ2v) is 2.31. The Bertz CT molecular complexity index is 102. The summed E-state index contributed by atoms with van der Waals surface area (Å²) in [4.78, 5) is 0. The highest BCUT2D eigenvalue weighted by atomic mass is 14.9. The average molecular weight is 173 g/mol. The number of nitrogens with two attached hydrogens (primary N) is 2. The molecule has 5 N–H and O–H groups in total. The number of hydrogen-bond acceptors (Lipinski definition) is 3. The van der Waals surface area contributed by atoms with Crippen LogP contribution >= 0.6 is 0 Å². The second kappa shape index (κ2) is 10.5. The van der Waals surface area contributed by atoms with Crippen molar-refractivity contribution in [1.82, 2.24) is 5.32 Å². The van der Waals surface area contributed by atoms with Gasteiger partial charge in [0.25, 0.3) is 0 Å². The topological polar surface area (TPSA) is 64.1 Å². The fraction of sp³-hybridized carbons (Fsp3) is 0.778. The van der Waals surface area contributed by atoms with Gasteiger partial charge in [-0.25, -0.2) is 0 Å². The van der Waals surface area contributed by atoms with Gasteiger partial charge in [-0.15, -0.1) is 0 Å². The van der Waals surface area contributed by atoms with Crippen molar-refractivity contribution in [2.75, 3.05) is 13.6 Å². The molecule has 12 heavy (non-hydrogen) atoms. The molecule has 3 heteroatoms. The van der Waals surface area contributed by atoms with Crippen LogP contribution in [0, 0.1) is 0 Å². The number of nitrogens with one attached hydrogen (secondary N) is 1. The molecule has 0 heterocycles. The lowest BCUT2D eigenvalue weighted by atomic mass is 10.1. The molecule has 0 aliphatic rings. The van der Waals surface area contributed by atoms with E-state index < -0.39 is 0 Å². The Labute approximate surface area is 76.2 Å². The third-order valence-electron chi connectivity index (χ3n) is 1.49. The van der Waals surface area contributed by atoms with Crippen LogP contribution in [0.25, 0.3) is 0 Å². The fourth-order valence-electron chi connectivity index (χ4n) is 0.697. The van der Waals surface area contributed by atoms with Crippen molar-refractivity contribution in [2.45, 2.75) is 32.7 Å². The first kappa shape index (κ1) is 14.0. The van der Waals surface area contributed by atoms with Crippen LogP contribution in [0.1, 0.15) is 26.7 Å². The van der Waals surface area contributed by atoms with E-state index in [0.29, 0.717) is 6.54 Å². The Morgan fingerprint density at radius 1 is 1.50 bits per heavy atom. The SMILES string of the molecule is C=C(NC)C(N)CCCN.CC. The summed E-state index contributed by atoms with van der Waals surface area (Å²) >= 11 is 0. The molecule has 0 radical (unpaired) electrons. The maximum atomic E-state index is 5.70. The van der Waals surface area contributed by atoms with Gasteiger partial charge in [-0.05, 0) is 19.4 Å². The van der Waals surface area contributed by atoms with Crippen LogP contribution in [0.15, 0.2) is 12.3 Å². The molecule has 0 fully saturated rings. The minimum absolute atomic E-state index is 0.0496. The van der Waals surface area contributed by atoms with E-state index in [2.05, 4.69) is 11.9 Å². The van der Waals surface area contributed by atoms with Crippen LogP contribution in [0.3, 0.4) is 0 Å². The minimum atomic E-state index is 0.0496. The predicted molar refractivity (Wildman–Crippen MR) is 55.8 cm³/mol. The second-order valence-electron chi connectivity index (χ2n) is 2.31. The molecule has 0 rings (SSSR count). The molecule has 0 saturated heterocycles. The molecule has 1 unspecified atom stereocenters. The Kier molecular flexibility index (Phi) is 12.2. The molecule has 0 aromatic rings. The van der Waals surface area contributed by atoms with E-state index in [9.17, 15) is 0 Å². The Morgan fingerprint density at radius 2 is 2.00 bits per heavy atom. The van der Waals surface area contributed by atoms with Crippen molar-refractivity contribution >= 4 is 0 Å². The lowest BCUT2D eigenvalue weighted by Gasteiger charge is -2.12. The van der Waals surface area contributed by atoms with Gasteiger partial charge in [0.15, 0.2) is 0 Å². The largest absolute Gasteiger partial charge is 0.391 e. The first-order valence-electron chi connectivity index (χ1n) is 4.54. The highest BCUT2D eigenvalue weighted by Crippen LogP contribution is 1.98. The normalized spacial score (nSPS) is 11.1. The van der Waals surface area contributed by atoms with Crippen LogP contribution in [0.4, 0.5) is 0 Å². The van der Waals surface area contributed by atoms with Gasteiger partial charge in [-0.3, -0.25) is 0 Å². The Balaban J connectivity index is 0. The molecule has 0 saturated carbocycles. The number of hydrogen-bond donors (Lipinski definition) is 3. The van der Waals surface area contributed by atoms with Crippen LogP contribution < -0.4 is 16.8 Å². The number of likely N-dealkylation sites (N-methyl/N-ethyl adjacent to an activating group) is 1. The summed E-state index contributed by atoms with van der Waals surface area (Å²) in [5, 5.41) is 2.91. The van der Waals surface area contributed by atoms with E-state index in [4.69, 9.17) is 11.5 Å². The van der Waals surface area contributed by atoms with E-state index in [0.717, 1.165) is 18.5 Å². The van der Waals surface area contributed by atoms with E-state index in [1.165, 1.54) is 0 Å². The summed E-state index contributed by atoms with van der Waals surface area (Å²) in [5.74, 6) is 0. The molecular weight excluding hydrogens is 150 g/mol. The summed E-state index contributed by atoms with van der Waals surface area (Å²) in [7, 11) is 1.82. The zero-order valence-corrected chi connectivity index (χ0v) is 8.56. The fourth-order valence-corrected chi connectivity index (χ4v) is 0.697. The molecular formula is C9H23N3. The smallest absolute Gasteiger partial charge is 0.0438 e. The molecule has 0 aromatic heterocycles. The minimum Gasteiger partial charge on any atom is -0.391 e. The van der Waals surface area contributed by atoms with Crippen molar-refractivity contribution in [3.63, 3.8) is 0 Å². The first-order chi connectivity index (χ1) is 5.72. The van der Waals surface area contributed by atoms with Gasteiger partial charge in [-0.2, -0.15) is 0 Å². The summed E-state index contributed by atoms with van der Waals surface area (Å²) in [6.07, 6.45) is 1.87. The first-order valence-corrected chi connectivity index (χ1v) is 4.54. The van der Waals surface area contributed by atoms with E-state index in [-0.39, 0.29) is 6.04 Å². The van der Waals surface area contributed by atoms with Crippen molar-refractivity contribution in [2.24, 2.45) is 11.5 Å². The molecule has 0 amide bonds. The molecule has 3 nitrogen and oxygen atoms in total. The quantitative estimate of drug-likeness (QED) is 0.576. The zero-order valence-electron chi connectivity index (χ0n) is 8.56. The molecule has 0 aliphatic carbocycles. The highest BCUT2D eigenvalue weighted by Gasteiger charge is 2.02. The van der Waals surface area contributed by atoms with Crippen molar-refractivity contribution in [1.29, 1.82) is 0 Å². The Hall–Kier alpha value is -0.540. The third-order valence-corrected chi connectivity index (χ3v) is 1.49. The van der Waals surface area contributed by atoms with Crippen molar-refractivity contribution in [3.05, 3.63) is 12.3 Å². The maximum absolute atomic E-state index is 5.70. The lowest BCUT2D eigenvalue weighted by Crippen LogP contribution is -2.29. The molecule has 0 aliphatic heterocycles. The molecule has 1 atom stereocenters. The van der Waals surface area contributed by atoms with E-state index in [1.54, 1.807) is 0 Å². The van der Waals surface area contributed by atoms with Crippen LogP contribution in [0.5, 0.6) is 0 Å². The van der Waals surface area contributed by atoms with Gasteiger partial charge in [0.05, 0.1) is 0 Å². The van der Waals surface area contributed by atoms with Gasteiger partial charge >= 0.3 is 0 Å².